The highest BCUT2D eigenvalue weighted by Gasteiger charge is 2.10. The summed E-state index contributed by atoms with van der Waals surface area (Å²) in [5.41, 5.74) is 0. The maximum Gasteiger partial charge on any atom is 0.244 e. The van der Waals surface area contributed by atoms with Crippen LogP contribution in [0, 0.1) is 0 Å². The molecule has 0 fully saturated rings. The zero-order valence-electron chi connectivity index (χ0n) is 9.17. The molecule has 0 radical (unpaired) electrons. The Labute approximate surface area is 97.3 Å². The first-order valence-corrected chi connectivity index (χ1v) is 5.71. The van der Waals surface area contributed by atoms with Crippen LogP contribution >= 0.6 is 11.3 Å². The molecule has 2 heterocycles. The molecule has 0 saturated heterocycles. The van der Waals surface area contributed by atoms with E-state index in [2.05, 4.69) is 20.2 Å². The molecule has 16 heavy (non-hydrogen) atoms. The number of anilines is 1. The molecule has 0 aromatic carbocycles. The molecule has 7 heteroatoms. The van der Waals surface area contributed by atoms with Gasteiger partial charge in [-0.3, -0.25) is 5.10 Å². The molecule has 0 saturated carbocycles. The fourth-order valence-corrected chi connectivity index (χ4v) is 1.76. The summed E-state index contributed by atoms with van der Waals surface area (Å²) in [5.74, 6) is 1.36. The molecular formula is C9H13N5OS. The Bertz CT molecular complexity index is 427. The van der Waals surface area contributed by atoms with Gasteiger partial charge in [-0.1, -0.05) is 0 Å². The maximum absolute atomic E-state index is 5.00. The van der Waals surface area contributed by atoms with Gasteiger partial charge in [-0.2, -0.15) is 4.98 Å². The minimum Gasteiger partial charge on any atom is -0.383 e. The van der Waals surface area contributed by atoms with Crippen molar-refractivity contribution in [1.82, 2.24) is 20.2 Å². The normalized spacial score (nSPS) is 10.6. The van der Waals surface area contributed by atoms with Crippen molar-refractivity contribution in [3.8, 4) is 10.8 Å². The molecule has 0 unspecified atom stereocenters. The van der Waals surface area contributed by atoms with Gasteiger partial charge in [0.05, 0.1) is 6.61 Å². The fraction of sp³-hybridized carbons (Fsp3) is 0.444. The van der Waals surface area contributed by atoms with Gasteiger partial charge in [0.1, 0.15) is 0 Å². The summed E-state index contributed by atoms with van der Waals surface area (Å²) in [5, 5.41) is 9.75. The second kappa shape index (κ2) is 5.04. The number of aromatic amines is 1. The van der Waals surface area contributed by atoms with Gasteiger partial charge < -0.3 is 9.64 Å². The smallest absolute Gasteiger partial charge is 0.244 e. The van der Waals surface area contributed by atoms with Gasteiger partial charge in [0, 0.05) is 32.3 Å². The summed E-state index contributed by atoms with van der Waals surface area (Å²) in [4.78, 5) is 10.4. The van der Waals surface area contributed by atoms with Crippen molar-refractivity contribution in [2.45, 2.75) is 0 Å². The topological polar surface area (TPSA) is 66.9 Å². The molecule has 0 bridgehead atoms. The van der Waals surface area contributed by atoms with Gasteiger partial charge in [-0.05, 0) is 0 Å². The third kappa shape index (κ3) is 2.37. The van der Waals surface area contributed by atoms with E-state index in [1.54, 1.807) is 13.3 Å². The molecule has 0 amide bonds. The van der Waals surface area contributed by atoms with Gasteiger partial charge in [-0.15, -0.1) is 16.4 Å². The fourth-order valence-electron chi connectivity index (χ4n) is 1.19. The summed E-state index contributed by atoms with van der Waals surface area (Å²) in [6.45, 7) is 1.41. The minimum absolute atomic E-state index is 0.650. The van der Waals surface area contributed by atoms with E-state index >= 15 is 0 Å². The molecule has 2 aromatic heterocycles. The Balaban J connectivity index is 2.07. The van der Waals surface area contributed by atoms with Crippen molar-refractivity contribution in [3.63, 3.8) is 0 Å². The second-order valence-corrected chi connectivity index (χ2v) is 4.13. The van der Waals surface area contributed by atoms with Crippen LogP contribution in [0.25, 0.3) is 10.8 Å². The lowest BCUT2D eigenvalue weighted by molar-refractivity contribution is 0.206. The Hall–Kier alpha value is -1.47. The second-order valence-electron chi connectivity index (χ2n) is 3.24. The lowest BCUT2D eigenvalue weighted by Crippen LogP contribution is -2.23. The van der Waals surface area contributed by atoms with Crippen molar-refractivity contribution in [3.05, 3.63) is 11.6 Å². The molecule has 6 nitrogen and oxygen atoms in total. The van der Waals surface area contributed by atoms with Crippen molar-refractivity contribution >= 4 is 17.3 Å². The average Bonchev–Trinajstić information content (AvgIpc) is 2.94. The van der Waals surface area contributed by atoms with Crippen molar-refractivity contribution in [2.75, 3.05) is 32.2 Å². The van der Waals surface area contributed by atoms with Crippen LogP contribution in [-0.4, -0.2) is 47.5 Å². The standard InChI is InChI=1S/C9H13N5OS/c1-14(4-5-15-2)9-11-7(12-13-9)8-10-3-6-16-8/h3,6H,4-5H2,1-2H3,(H,11,12,13). The van der Waals surface area contributed by atoms with Gasteiger partial charge in [0.15, 0.2) is 10.8 Å². The van der Waals surface area contributed by atoms with Gasteiger partial charge in [-0.25, -0.2) is 4.98 Å². The number of thiazole rings is 1. The molecule has 0 aliphatic heterocycles. The van der Waals surface area contributed by atoms with Crippen LogP contribution in [0.5, 0.6) is 0 Å². The maximum atomic E-state index is 5.00. The van der Waals surface area contributed by atoms with Gasteiger partial charge in [0.25, 0.3) is 0 Å². The number of methoxy groups -OCH3 is 1. The molecule has 86 valence electrons. The highest BCUT2D eigenvalue weighted by molar-refractivity contribution is 7.12. The van der Waals surface area contributed by atoms with Crippen molar-refractivity contribution in [1.29, 1.82) is 0 Å². The Morgan fingerprint density at radius 3 is 3.12 bits per heavy atom. The predicted molar refractivity (Wildman–Crippen MR) is 62.6 cm³/mol. The van der Waals surface area contributed by atoms with E-state index in [0.717, 1.165) is 11.6 Å². The number of rotatable bonds is 5. The zero-order valence-corrected chi connectivity index (χ0v) is 9.99. The first-order valence-electron chi connectivity index (χ1n) is 4.83. The molecule has 1 N–H and O–H groups in total. The van der Waals surface area contributed by atoms with E-state index in [1.165, 1.54) is 11.3 Å². The zero-order chi connectivity index (χ0) is 11.4. The van der Waals surface area contributed by atoms with E-state index < -0.39 is 0 Å². The third-order valence-electron chi connectivity index (χ3n) is 2.08. The number of aromatic nitrogens is 4. The number of H-pyrrole nitrogens is 1. The number of nitrogens with zero attached hydrogens (tertiary/aromatic N) is 4. The van der Waals surface area contributed by atoms with Crippen LogP contribution in [0.2, 0.25) is 0 Å². The molecule has 2 aromatic rings. The largest absolute Gasteiger partial charge is 0.383 e. The van der Waals surface area contributed by atoms with Crippen molar-refractivity contribution in [2.24, 2.45) is 0 Å². The summed E-state index contributed by atoms with van der Waals surface area (Å²) in [6, 6.07) is 0. The molecule has 0 atom stereocenters. The first kappa shape index (κ1) is 11.0. The number of nitrogens with one attached hydrogen (secondary N) is 1. The monoisotopic (exact) mass is 239 g/mol. The van der Waals surface area contributed by atoms with Crippen molar-refractivity contribution < 1.29 is 4.74 Å². The van der Waals surface area contributed by atoms with Crippen LogP contribution in [0.15, 0.2) is 11.6 Å². The summed E-state index contributed by atoms with van der Waals surface area (Å²) < 4.78 is 5.00. The van der Waals surface area contributed by atoms with E-state index in [-0.39, 0.29) is 0 Å². The number of hydrogen-bond donors (Lipinski definition) is 1. The third-order valence-corrected chi connectivity index (χ3v) is 2.86. The molecular weight excluding hydrogens is 226 g/mol. The molecule has 0 aliphatic carbocycles. The summed E-state index contributed by atoms with van der Waals surface area (Å²) >= 11 is 1.53. The summed E-state index contributed by atoms with van der Waals surface area (Å²) in [7, 11) is 3.60. The average molecular weight is 239 g/mol. The minimum atomic E-state index is 0.650. The quantitative estimate of drug-likeness (QED) is 0.843. The van der Waals surface area contributed by atoms with Crippen LogP contribution in [0.1, 0.15) is 0 Å². The van der Waals surface area contributed by atoms with Crippen LogP contribution in [0.3, 0.4) is 0 Å². The highest BCUT2D eigenvalue weighted by Crippen LogP contribution is 2.18. The lowest BCUT2D eigenvalue weighted by Gasteiger charge is -2.12. The Morgan fingerprint density at radius 2 is 2.44 bits per heavy atom. The van der Waals surface area contributed by atoms with E-state index in [9.17, 15) is 0 Å². The van der Waals surface area contributed by atoms with Crippen LogP contribution < -0.4 is 4.90 Å². The number of ether oxygens (including phenoxy) is 1. The molecule has 2 rings (SSSR count). The Morgan fingerprint density at radius 1 is 1.56 bits per heavy atom. The SMILES string of the molecule is COCCN(C)c1n[nH]c(-c2nccs2)n1. The van der Waals surface area contributed by atoms with Gasteiger partial charge >= 0.3 is 0 Å². The van der Waals surface area contributed by atoms with Crippen LogP contribution in [-0.2, 0) is 4.74 Å². The van der Waals surface area contributed by atoms with Gasteiger partial charge in [0.2, 0.25) is 5.95 Å². The van der Waals surface area contributed by atoms with E-state index in [4.69, 9.17) is 4.74 Å². The highest BCUT2D eigenvalue weighted by atomic mass is 32.1. The first-order chi connectivity index (χ1) is 7.81. The Kier molecular flexibility index (Phi) is 3.47. The number of hydrogen-bond acceptors (Lipinski definition) is 6. The van der Waals surface area contributed by atoms with E-state index in [1.807, 2.05) is 17.3 Å². The van der Waals surface area contributed by atoms with Crippen LogP contribution in [0.4, 0.5) is 5.95 Å². The number of likely N-dealkylation sites (N-methyl/N-ethyl adjacent to an activating group) is 1. The predicted octanol–water partition coefficient (Wildman–Crippen LogP) is 1.01. The molecule has 0 spiro atoms. The summed E-state index contributed by atoms with van der Waals surface area (Å²) in [6.07, 6.45) is 1.75. The lowest BCUT2D eigenvalue weighted by atomic mass is 10.6. The van der Waals surface area contributed by atoms with E-state index in [0.29, 0.717) is 18.4 Å². The molecule has 0 aliphatic rings.